The fourth-order valence-corrected chi connectivity index (χ4v) is 5.92. The number of hydroxylamine groups is 1. The largest absolute Gasteiger partial charge is 0.497 e. The van der Waals surface area contributed by atoms with Gasteiger partial charge in [0.2, 0.25) is 0 Å². The number of H-pyrrole nitrogens is 1. The maximum Gasteiger partial charge on any atom is 0.270 e. The number of ether oxygens (including phenoxy) is 1. The molecule has 4 heterocycles. The third-order valence-electron chi connectivity index (χ3n) is 8.05. The predicted octanol–water partition coefficient (Wildman–Crippen LogP) is 3.91. The van der Waals surface area contributed by atoms with E-state index in [1.807, 2.05) is 24.3 Å². The van der Waals surface area contributed by atoms with Gasteiger partial charge < -0.3 is 24.4 Å². The fourth-order valence-electron chi connectivity index (χ4n) is 5.92. The summed E-state index contributed by atoms with van der Waals surface area (Å²) in [7, 11) is 1.65. The summed E-state index contributed by atoms with van der Waals surface area (Å²) >= 11 is 0. The molecule has 2 fully saturated rings. The van der Waals surface area contributed by atoms with Gasteiger partial charge in [-0.3, -0.25) is 9.69 Å². The number of benzene rings is 2. The van der Waals surface area contributed by atoms with Crippen LogP contribution in [0.5, 0.6) is 11.5 Å². The van der Waals surface area contributed by atoms with Crippen LogP contribution in [0, 0.1) is 5.82 Å². The number of piperidine rings is 1. The molecule has 1 aromatic heterocycles. The molecule has 37 heavy (non-hydrogen) atoms. The number of amides is 1. The first kappa shape index (κ1) is 24.2. The minimum absolute atomic E-state index is 0.0412. The van der Waals surface area contributed by atoms with Crippen molar-refractivity contribution in [3.63, 3.8) is 0 Å². The number of carbonyl (C=O) groups is 1. The number of nitrogens with one attached hydrogen (secondary N) is 2. The molecule has 2 unspecified atom stereocenters. The van der Waals surface area contributed by atoms with E-state index in [2.05, 4.69) is 25.2 Å². The van der Waals surface area contributed by atoms with Crippen molar-refractivity contribution in [3.05, 3.63) is 59.5 Å². The summed E-state index contributed by atoms with van der Waals surface area (Å²) in [6.45, 7) is 5.51. The van der Waals surface area contributed by atoms with Gasteiger partial charge in [0.25, 0.3) is 5.91 Å². The highest BCUT2D eigenvalue weighted by molar-refractivity contribution is 5.98. The number of methoxy groups -OCH3 is 1. The molecule has 0 saturated carbocycles. The van der Waals surface area contributed by atoms with Crippen molar-refractivity contribution >= 4 is 16.8 Å². The molecule has 196 valence electrons. The number of rotatable bonds is 6. The smallest absolute Gasteiger partial charge is 0.270 e. The molecular weight excluding hydrogens is 473 g/mol. The van der Waals surface area contributed by atoms with Crippen LogP contribution in [0.1, 0.15) is 47.9 Å². The molecule has 2 atom stereocenters. The van der Waals surface area contributed by atoms with E-state index in [1.54, 1.807) is 13.2 Å². The first-order valence-electron chi connectivity index (χ1n) is 13.2. The molecule has 0 spiro atoms. The zero-order valence-corrected chi connectivity index (χ0v) is 21.2. The number of aromatic amines is 1. The van der Waals surface area contributed by atoms with Crippen LogP contribution in [0.3, 0.4) is 0 Å². The second-order valence-corrected chi connectivity index (χ2v) is 10.3. The third-order valence-corrected chi connectivity index (χ3v) is 8.05. The number of halogens is 1. The van der Waals surface area contributed by atoms with Gasteiger partial charge in [0.05, 0.1) is 7.11 Å². The number of carbonyl (C=O) groups excluding carboxylic acids is 1. The molecular formula is C28H34FN5O3. The van der Waals surface area contributed by atoms with E-state index in [1.165, 1.54) is 18.6 Å². The van der Waals surface area contributed by atoms with Crippen LogP contribution in [-0.2, 0) is 0 Å². The summed E-state index contributed by atoms with van der Waals surface area (Å²) in [5.41, 5.74) is 5.61. The van der Waals surface area contributed by atoms with Gasteiger partial charge in [0.15, 0.2) is 5.75 Å². The summed E-state index contributed by atoms with van der Waals surface area (Å²) in [4.78, 5) is 29.2. The Labute approximate surface area is 216 Å². The first-order chi connectivity index (χ1) is 18.1. The zero-order valence-electron chi connectivity index (χ0n) is 21.2. The number of nitrogens with zero attached hydrogens (tertiary/aromatic N) is 3. The van der Waals surface area contributed by atoms with E-state index in [0.29, 0.717) is 11.4 Å². The van der Waals surface area contributed by atoms with Crippen molar-refractivity contribution in [1.29, 1.82) is 0 Å². The Hall–Kier alpha value is -3.14. The Bertz CT molecular complexity index is 1270. The SMILES string of the molecule is COc1ccc2cc(C(=O)N3CCCCC3CCN3CCN(C4NOc5cc(F)ccc54)CC3)[nH]c2c1. The van der Waals surface area contributed by atoms with Crippen molar-refractivity contribution in [3.8, 4) is 11.5 Å². The monoisotopic (exact) mass is 507 g/mol. The molecule has 8 nitrogen and oxygen atoms in total. The average molecular weight is 508 g/mol. The maximum absolute atomic E-state index is 13.5. The number of aromatic nitrogens is 1. The van der Waals surface area contributed by atoms with Gasteiger partial charge in [-0.2, -0.15) is 0 Å². The summed E-state index contributed by atoms with van der Waals surface area (Å²) in [5, 5.41) is 1.02. The minimum Gasteiger partial charge on any atom is -0.497 e. The van der Waals surface area contributed by atoms with Crippen LogP contribution in [0.2, 0.25) is 0 Å². The Morgan fingerprint density at radius 3 is 2.78 bits per heavy atom. The summed E-state index contributed by atoms with van der Waals surface area (Å²) in [5.74, 6) is 1.15. The average Bonchev–Trinajstić information content (AvgIpc) is 3.55. The van der Waals surface area contributed by atoms with E-state index >= 15 is 0 Å². The minimum atomic E-state index is -0.286. The van der Waals surface area contributed by atoms with Crippen LogP contribution < -0.4 is 15.1 Å². The van der Waals surface area contributed by atoms with Crippen molar-refractivity contribution in [2.45, 2.75) is 37.9 Å². The number of hydrogen-bond acceptors (Lipinski definition) is 6. The molecule has 2 N–H and O–H groups in total. The van der Waals surface area contributed by atoms with Gasteiger partial charge in [-0.1, -0.05) is 0 Å². The van der Waals surface area contributed by atoms with E-state index in [9.17, 15) is 9.18 Å². The fraction of sp³-hybridized carbons (Fsp3) is 0.464. The van der Waals surface area contributed by atoms with Crippen molar-refractivity contribution in [2.75, 3.05) is 46.4 Å². The summed E-state index contributed by atoms with van der Waals surface area (Å²) in [6, 6.07) is 12.8. The van der Waals surface area contributed by atoms with Gasteiger partial charge in [0, 0.05) is 73.9 Å². The van der Waals surface area contributed by atoms with Crippen LogP contribution in [0.15, 0.2) is 42.5 Å². The number of fused-ring (bicyclic) bond motifs is 2. The molecule has 3 aliphatic heterocycles. The molecule has 0 radical (unpaired) electrons. The predicted molar refractivity (Wildman–Crippen MR) is 139 cm³/mol. The third kappa shape index (κ3) is 4.91. The van der Waals surface area contributed by atoms with Crippen LogP contribution in [0.4, 0.5) is 4.39 Å². The topological polar surface area (TPSA) is 73.1 Å². The number of hydrogen-bond donors (Lipinski definition) is 2. The highest BCUT2D eigenvalue weighted by Gasteiger charge is 2.33. The first-order valence-corrected chi connectivity index (χ1v) is 13.2. The molecule has 3 aromatic rings. The van der Waals surface area contributed by atoms with Crippen molar-refractivity contribution < 1.29 is 18.8 Å². The van der Waals surface area contributed by atoms with Gasteiger partial charge in [-0.05, 0) is 56.0 Å². The molecule has 2 aromatic carbocycles. The van der Waals surface area contributed by atoms with Crippen LogP contribution in [0.25, 0.3) is 10.9 Å². The quantitative estimate of drug-likeness (QED) is 0.527. The van der Waals surface area contributed by atoms with E-state index in [-0.39, 0.29) is 23.9 Å². The van der Waals surface area contributed by atoms with Gasteiger partial charge in [-0.15, -0.1) is 5.48 Å². The van der Waals surface area contributed by atoms with Gasteiger partial charge >= 0.3 is 0 Å². The highest BCUT2D eigenvalue weighted by Crippen LogP contribution is 2.34. The van der Waals surface area contributed by atoms with E-state index < -0.39 is 0 Å². The lowest BCUT2D eigenvalue weighted by molar-refractivity contribution is 0.0348. The summed E-state index contributed by atoms with van der Waals surface area (Å²) < 4.78 is 18.8. The Morgan fingerprint density at radius 2 is 1.95 bits per heavy atom. The standard InChI is InChI=1S/C28H34FN5O3/c1-36-22-7-5-19-16-25(30-24(19)18-22)28(35)34-10-3-2-4-21(34)9-11-32-12-14-33(15-13-32)27-23-8-6-20(29)17-26(23)37-31-27/h5-8,16-18,21,27,30-31H,2-4,9-15H2,1H3. The molecule has 0 bridgehead atoms. The second kappa shape index (κ2) is 10.3. The molecule has 3 aliphatic rings. The van der Waals surface area contributed by atoms with E-state index in [4.69, 9.17) is 9.57 Å². The zero-order chi connectivity index (χ0) is 25.4. The second-order valence-electron chi connectivity index (χ2n) is 10.3. The lowest BCUT2D eigenvalue weighted by Gasteiger charge is -2.40. The Kier molecular flexibility index (Phi) is 6.75. The molecule has 1 amide bonds. The van der Waals surface area contributed by atoms with Crippen LogP contribution in [-0.4, -0.2) is 78.0 Å². The Morgan fingerprint density at radius 1 is 1.08 bits per heavy atom. The highest BCUT2D eigenvalue weighted by atomic mass is 19.1. The molecule has 9 heteroatoms. The number of piperazine rings is 1. The van der Waals surface area contributed by atoms with Crippen molar-refractivity contribution in [2.24, 2.45) is 0 Å². The molecule has 2 saturated heterocycles. The maximum atomic E-state index is 13.5. The molecule has 0 aliphatic carbocycles. The molecule has 6 rings (SSSR count). The summed E-state index contributed by atoms with van der Waals surface area (Å²) in [6.07, 6.45) is 4.21. The lowest BCUT2D eigenvalue weighted by Crippen LogP contribution is -2.51. The number of likely N-dealkylation sites (tertiary alicyclic amines) is 1. The van der Waals surface area contributed by atoms with Crippen LogP contribution >= 0.6 is 0 Å². The van der Waals surface area contributed by atoms with E-state index in [0.717, 1.165) is 80.7 Å². The lowest BCUT2D eigenvalue weighted by atomic mass is 9.98. The van der Waals surface area contributed by atoms with Gasteiger partial charge in [-0.25, -0.2) is 4.39 Å². The van der Waals surface area contributed by atoms with Crippen molar-refractivity contribution in [1.82, 2.24) is 25.2 Å². The normalized spacial score (nSPS) is 22.7. The van der Waals surface area contributed by atoms with Gasteiger partial charge in [0.1, 0.15) is 23.4 Å². The Balaban J connectivity index is 1.05.